The van der Waals surface area contributed by atoms with E-state index >= 15 is 0 Å². The van der Waals surface area contributed by atoms with Crippen LogP contribution >= 0.6 is 15.9 Å². The molecule has 0 aliphatic heterocycles. The van der Waals surface area contributed by atoms with E-state index in [4.69, 9.17) is 0 Å². The topological polar surface area (TPSA) is 24.9 Å². The monoisotopic (exact) mass is 318 g/mol. The molecule has 0 radical (unpaired) electrons. The Balaban J connectivity index is 2.56. The fourth-order valence-corrected chi connectivity index (χ4v) is 2.55. The second-order valence-electron chi connectivity index (χ2n) is 4.94. The van der Waals surface area contributed by atoms with E-state index in [1.807, 2.05) is 19.3 Å². The van der Waals surface area contributed by atoms with Crippen molar-refractivity contribution in [2.75, 3.05) is 13.6 Å². The molecule has 0 saturated heterocycles. The van der Waals surface area contributed by atoms with Gasteiger partial charge >= 0.3 is 0 Å². The van der Waals surface area contributed by atoms with Gasteiger partial charge in [0, 0.05) is 28.2 Å². The highest BCUT2D eigenvalue weighted by molar-refractivity contribution is 9.10. The van der Waals surface area contributed by atoms with Gasteiger partial charge in [-0.1, -0.05) is 53.6 Å². The minimum absolute atomic E-state index is 0.523. The Morgan fingerprint density at radius 3 is 2.84 bits per heavy atom. The summed E-state index contributed by atoms with van der Waals surface area (Å²) in [5, 5.41) is 4.39. The maximum absolute atomic E-state index is 4.52. The zero-order valence-electron chi connectivity index (χ0n) is 11.6. The van der Waals surface area contributed by atoms with Crippen LogP contribution in [0.5, 0.6) is 0 Å². The molecule has 0 aliphatic rings. The number of halogens is 1. The van der Waals surface area contributed by atoms with E-state index in [1.165, 1.54) is 11.1 Å². The van der Waals surface area contributed by atoms with Crippen molar-refractivity contribution in [3.8, 4) is 0 Å². The van der Waals surface area contributed by atoms with Crippen molar-refractivity contribution in [1.29, 1.82) is 0 Å². The van der Waals surface area contributed by atoms with E-state index in [1.54, 1.807) is 0 Å². The Kier molecular flexibility index (Phi) is 4.72. The lowest BCUT2D eigenvalue weighted by Crippen LogP contribution is -2.13. The van der Waals surface area contributed by atoms with Gasteiger partial charge in [-0.05, 0) is 25.1 Å². The average molecular weight is 319 g/mol. The number of nitrogens with zero attached hydrogens (tertiary/aromatic N) is 1. The zero-order chi connectivity index (χ0) is 13.8. The highest BCUT2D eigenvalue weighted by Gasteiger charge is 2.07. The number of nitrogens with one attached hydrogen (secondary N) is 1. The summed E-state index contributed by atoms with van der Waals surface area (Å²) in [6.45, 7) is 5.34. The number of benzene rings is 1. The summed E-state index contributed by atoms with van der Waals surface area (Å²) >= 11 is 3.58. The standard InChI is InChI=1S/C16H19BrN2/c1-11(2)13(10-18-3)9-12-6-7-15(17)14-5-4-8-19-16(12)14/h4-9,11,18H,10H2,1-3H3/b13-9-. The van der Waals surface area contributed by atoms with Crippen molar-refractivity contribution < 1.29 is 0 Å². The van der Waals surface area contributed by atoms with Crippen LogP contribution in [0.4, 0.5) is 0 Å². The molecular formula is C16H19BrN2. The Hall–Kier alpha value is -1.19. The Bertz CT molecular complexity index is 603. The number of rotatable bonds is 4. The molecule has 0 unspecified atom stereocenters. The Morgan fingerprint density at radius 2 is 2.16 bits per heavy atom. The van der Waals surface area contributed by atoms with Crippen LogP contribution < -0.4 is 5.32 Å². The molecule has 0 spiro atoms. The van der Waals surface area contributed by atoms with Gasteiger partial charge < -0.3 is 5.32 Å². The molecule has 0 atom stereocenters. The number of likely N-dealkylation sites (N-methyl/N-ethyl adjacent to an activating group) is 1. The minimum Gasteiger partial charge on any atom is -0.316 e. The lowest BCUT2D eigenvalue weighted by molar-refractivity contribution is 0.713. The Morgan fingerprint density at radius 1 is 1.37 bits per heavy atom. The zero-order valence-corrected chi connectivity index (χ0v) is 13.2. The first kappa shape index (κ1) is 14.2. The second kappa shape index (κ2) is 6.31. The van der Waals surface area contributed by atoms with Crippen LogP contribution in [-0.2, 0) is 0 Å². The molecule has 2 nitrogen and oxygen atoms in total. The van der Waals surface area contributed by atoms with E-state index in [-0.39, 0.29) is 0 Å². The summed E-state index contributed by atoms with van der Waals surface area (Å²) in [6, 6.07) is 8.28. The third-order valence-electron chi connectivity index (χ3n) is 3.21. The van der Waals surface area contributed by atoms with Crippen molar-refractivity contribution in [3.05, 3.63) is 46.1 Å². The van der Waals surface area contributed by atoms with Crippen molar-refractivity contribution >= 4 is 32.9 Å². The van der Waals surface area contributed by atoms with Crippen LogP contribution in [0.1, 0.15) is 19.4 Å². The van der Waals surface area contributed by atoms with Gasteiger partial charge in [0.25, 0.3) is 0 Å². The van der Waals surface area contributed by atoms with Crippen molar-refractivity contribution in [1.82, 2.24) is 10.3 Å². The number of fused-ring (bicyclic) bond motifs is 1. The molecule has 0 fully saturated rings. The van der Waals surface area contributed by atoms with Crippen molar-refractivity contribution in [2.24, 2.45) is 5.92 Å². The van der Waals surface area contributed by atoms with Crippen LogP contribution in [0.2, 0.25) is 0 Å². The molecule has 0 bridgehead atoms. The molecule has 2 rings (SSSR count). The number of aromatic nitrogens is 1. The van der Waals surface area contributed by atoms with Crippen LogP contribution in [0.3, 0.4) is 0 Å². The normalized spacial score (nSPS) is 12.4. The number of pyridine rings is 1. The van der Waals surface area contributed by atoms with E-state index in [0.29, 0.717) is 5.92 Å². The highest BCUT2D eigenvalue weighted by Crippen LogP contribution is 2.27. The van der Waals surface area contributed by atoms with Gasteiger partial charge in [-0.25, -0.2) is 0 Å². The molecule has 0 saturated carbocycles. The van der Waals surface area contributed by atoms with Crippen LogP contribution in [0.15, 0.2) is 40.5 Å². The molecule has 1 N–H and O–H groups in total. The van der Waals surface area contributed by atoms with Gasteiger partial charge in [0.15, 0.2) is 0 Å². The molecule has 1 aromatic heterocycles. The van der Waals surface area contributed by atoms with Crippen LogP contribution in [0.25, 0.3) is 17.0 Å². The fraction of sp³-hybridized carbons (Fsp3) is 0.312. The predicted molar refractivity (Wildman–Crippen MR) is 86.2 cm³/mol. The molecule has 19 heavy (non-hydrogen) atoms. The first-order valence-electron chi connectivity index (χ1n) is 6.51. The molecular weight excluding hydrogens is 300 g/mol. The second-order valence-corrected chi connectivity index (χ2v) is 5.79. The van der Waals surface area contributed by atoms with Gasteiger partial charge in [0.05, 0.1) is 5.52 Å². The van der Waals surface area contributed by atoms with Crippen molar-refractivity contribution in [3.63, 3.8) is 0 Å². The maximum Gasteiger partial charge on any atom is 0.0785 e. The highest BCUT2D eigenvalue weighted by atomic mass is 79.9. The van der Waals surface area contributed by atoms with Gasteiger partial charge in [-0.3, -0.25) is 4.98 Å². The maximum atomic E-state index is 4.52. The van der Waals surface area contributed by atoms with Crippen molar-refractivity contribution in [2.45, 2.75) is 13.8 Å². The molecule has 0 amide bonds. The smallest absolute Gasteiger partial charge is 0.0785 e. The Labute approximate surface area is 123 Å². The molecule has 0 aliphatic carbocycles. The van der Waals surface area contributed by atoms with E-state index in [9.17, 15) is 0 Å². The lowest BCUT2D eigenvalue weighted by atomic mass is 9.99. The van der Waals surface area contributed by atoms with Gasteiger partial charge in [-0.15, -0.1) is 0 Å². The largest absolute Gasteiger partial charge is 0.316 e. The SMILES string of the molecule is CNC/C(=C/c1ccc(Br)c2cccnc12)C(C)C. The third kappa shape index (κ3) is 3.23. The number of hydrogen-bond donors (Lipinski definition) is 1. The molecule has 1 aromatic carbocycles. The quantitative estimate of drug-likeness (QED) is 0.911. The lowest BCUT2D eigenvalue weighted by Gasteiger charge is -2.12. The summed E-state index contributed by atoms with van der Waals surface area (Å²) in [6.07, 6.45) is 4.10. The molecule has 1 heterocycles. The summed E-state index contributed by atoms with van der Waals surface area (Å²) in [7, 11) is 1.98. The third-order valence-corrected chi connectivity index (χ3v) is 3.90. The van der Waals surface area contributed by atoms with Crippen LogP contribution in [0, 0.1) is 5.92 Å². The van der Waals surface area contributed by atoms with E-state index < -0.39 is 0 Å². The first-order chi connectivity index (χ1) is 9.13. The minimum atomic E-state index is 0.523. The summed E-state index contributed by atoms with van der Waals surface area (Å²) in [5.41, 5.74) is 3.61. The predicted octanol–water partition coefficient (Wildman–Crippen LogP) is 4.26. The summed E-state index contributed by atoms with van der Waals surface area (Å²) < 4.78 is 1.09. The summed E-state index contributed by atoms with van der Waals surface area (Å²) in [5.74, 6) is 0.523. The van der Waals surface area contributed by atoms with Crippen LogP contribution in [-0.4, -0.2) is 18.6 Å². The molecule has 100 valence electrons. The van der Waals surface area contributed by atoms with Gasteiger partial charge in [-0.2, -0.15) is 0 Å². The van der Waals surface area contributed by atoms with E-state index in [0.717, 1.165) is 21.9 Å². The number of hydrogen-bond acceptors (Lipinski definition) is 2. The summed E-state index contributed by atoms with van der Waals surface area (Å²) in [4.78, 5) is 4.52. The van der Waals surface area contributed by atoms with Gasteiger partial charge in [0.2, 0.25) is 0 Å². The fourth-order valence-electron chi connectivity index (χ4n) is 2.10. The molecule has 3 heteroatoms. The average Bonchev–Trinajstić information content (AvgIpc) is 2.41. The van der Waals surface area contributed by atoms with E-state index in [2.05, 4.69) is 64.4 Å². The first-order valence-corrected chi connectivity index (χ1v) is 7.31. The molecule has 2 aromatic rings. The van der Waals surface area contributed by atoms with Gasteiger partial charge in [0.1, 0.15) is 0 Å².